The van der Waals surface area contributed by atoms with Crippen LogP contribution >= 0.6 is 0 Å². The second kappa shape index (κ2) is 17.1. The number of carbonyl (C=O) groups excluding carboxylic acids is 2. The maximum absolute atomic E-state index is 13.3. The molecule has 3 heterocycles. The van der Waals surface area contributed by atoms with Crippen molar-refractivity contribution >= 4 is 22.7 Å². The molecular formula is C35H44N6O7. The van der Waals surface area contributed by atoms with Gasteiger partial charge in [0, 0.05) is 41.5 Å². The lowest BCUT2D eigenvalue weighted by Gasteiger charge is -2.43. The van der Waals surface area contributed by atoms with Gasteiger partial charge in [0.15, 0.2) is 0 Å². The van der Waals surface area contributed by atoms with Crippen LogP contribution < -0.4 is 21.3 Å². The molecule has 1 atom stereocenters. The van der Waals surface area contributed by atoms with Crippen LogP contribution in [0.4, 0.5) is 0 Å². The molecular weight excluding hydrogens is 616 g/mol. The van der Waals surface area contributed by atoms with Crippen molar-refractivity contribution in [2.24, 2.45) is 5.73 Å². The number of ether oxygens (including phenoxy) is 1. The van der Waals surface area contributed by atoms with Gasteiger partial charge in [0.25, 0.3) is 5.91 Å². The van der Waals surface area contributed by atoms with Crippen LogP contribution in [0.25, 0.3) is 10.9 Å². The van der Waals surface area contributed by atoms with Gasteiger partial charge in [0.05, 0.1) is 48.5 Å². The second-order valence-corrected chi connectivity index (χ2v) is 12.2. The summed E-state index contributed by atoms with van der Waals surface area (Å²) >= 11 is 0. The van der Waals surface area contributed by atoms with E-state index in [2.05, 4.69) is 20.2 Å². The standard InChI is InChI=1S/C31H33N5O4.C4H11NO3/c1-22-17-24(27-8-2-3-9-28(27)33-22)20-40-26-12-10-23(11-13-26)30(38)34-31(18-29(37)35-39)14-6-16-36(21-31)19-25-7-4-5-15-32-25;5-4(1-6,2-7)3-8/h2-5,7-13,15,17,39H,6,14,16,18-21H2,1H3,(H,34,38)(H,35,37);6-8H,1-3,5H2. The molecule has 2 aromatic heterocycles. The number of aryl methyl sites for hydroxylation is 1. The van der Waals surface area contributed by atoms with Gasteiger partial charge >= 0.3 is 0 Å². The van der Waals surface area contributed by atoms with Gasteiger partial charge in [-0.1, -0.05) is 24.3 Å². The molecule has 1 fully saturated rings. The van der Waals surface area contributed by atoms with Crippen LogP contribution in [-0.4, -0.2) is 91.2 Å². The Morgan fingerprint density at radius 3 is 2.38 bits per heavy atom. The highest BCUT2D eigenvalue weighted by Gasteiger charge is 2.39. The van der Waals surface area contributed by atoms with E-state index in [1.54, 1.807) is 35.9 Å². The van der Waals surface area contributed by atoms with Crippen LogP contribution in [0.3, 0.4) is 0 Å². The molecule has 0 saturated carbocycles. The number of aliphatic hydroxyl groups excluding tert-OH is 3. The Balaban J connectivity index is 0.000000579. The fourth-order valence-electron chi connectivity index (χ4n) is 5.56. The maximum atomic E-state index is 13.3. The molecule has 0 aliphatic carbocycles. The van der Waals surface area contributed by atoms with Crippen LogP contribution in [0.1, 0.15) is 46.6 Å². The summed E-state index contributed by atoms with van der Waals surface area (Å²) in [6, 6.07) is 22.7. The van der Waals surface area contributed by atoms with Crippen LogP contribution in [-0.2, 0) is 17.9 Å². The van der Waals surface area contributed by atoms with Crippen LogP contribution in [0.2, 0.25) is 0 Å². The fraction of sp³-hybridized carbons (Fsp3) is 0.371. The van der Waals surface area contributed by atoms with Gasteiger partial charge in [-0.2, -0.15) is 0 Å². The summed E-state index contributed by atoms with van der Waals surface area (Å²) in [7, 11) is 0. The zero-order valence-corrected chi connectivity index (χ0v) is 27.0. The first-order chi connectivity index (χ1) is 23.1. The van der Waals surface area contributed by atoms with E-state index in [-0.39, 0.29) is 12.3 Å². The summed E-state index contributed by atoms with van der Waals surface area (Å²) in [6.45, 7) is 3.03. The summed E-state index contributed by atoms with van der Waals surface area (Å²) < 4.78 is 6.04. The lowest BCUT2D eigenvalue weighted by atomic mass is 9.85. The Morgan fingerprint density at radius 1 is 1.02 bits per heavy atom. The van der Waals surface area contributed by atoms with Crippen molar-refractivity contribution < 1.29 is 34.9 Å². The van der Waals surface area contributed by atoms with Crippen molar-refractivity contribution in [1.82, 2.24) is 25.7 Å². The highest BCUT2D eigenvalue weighted by Crippen LogP contribution is 2.27. The summed E-state index contributed by atoms with van der Waals surface area (Å²) in [4.78, 5) is 36.7. The third-order valence-corrected chi connectivity index (χ3v) is 8.16. The largest absolute Gasteiger partial charge is 0.489 e. The van der Waals surface area contributed by atoms with E-state index in [1.165, 1.54) is 0 Å². The van der Waals surface area contributed by atoms with Crippen molar-refractivity contribution in [2.45, 2.75) is 50.4 Å². The predicted molar refractivity (Wildman–Crippen MR) is 179 cm³/mol. The molecule has 256 valence electrons. The number of nitrogens with two attached hydrogens (primary N) is 1. The number of aliphatic hydroxyl groups is 3. The van der Waals surface area contributed by atoms with Gasteiger partial charge in [0.1, 0.15) is 12.4 Å². The molecule has 0 spiro atoms. The average Bonchev–Trinajstić information content (AvgIpc) is 3.11. The number of rotatable bonds is 12. The van der Waals surface area contributed by atoms with Gasteiger partial charge in [-0.3, -0.25) is 29.7 Å². The molecule has 13 heteroatoms. The minimum atomic E-state index is -1.21. The number of nitrogens with one attached hydrogen (secondary N) is 2. The number of fused-ring (bicyclic) bond motifs is 1. The van der Waals surface area contributed by atoms with E-state index >= 15 is 0 Å². The number of nitrogens with zero attached hydrogens (tertiary/aromatic N) is 3. The molecule has 5 rings (SSSR count). The number of para-hydroxylation sites is 1. The normalized spacial score (nSPS) is 16.5. The SMILES string of the molecule is Cc1cc(COc2ccc(C(=O)NC3(CC(=O)NO)CCCN(Cc4ccccn4)C3)cc2)c2ccccc2n1.NC(CO)(CO)CO. The number of carbonyl (C=O) groups is 2. The van der Waals surface area contributed by atoms with E-state index in [0.29, 0.717) is 37.4 Å². The topological polar surface area (TPSA) is 203 Å². The van der Waals surface area contributed by atoms with Gasteiger partial charge < -0.3 is 31.1 Å². The first kappa shape index (κ1) is 36.3. The Morgan fingerprint density at radius 2 is 1.73 bits per heavy atom. The molecule has 8 N–H and O–H groups in total. The van der Waals surface area contributed by atoms with E-state index < -0.39 is 36.8 Å². The number of benzene rings is 2. The molecule has 1 unspecified atom stereocenters. The van der Waals surface area contributed by atoms with Crippen molar-refractivity contribution in [3.8, 4) is 5.75 Å². The second-order valence-electron chi connectivity index (χ2n) is 12.2. The lowest BCUT2D eigenvalue weighted by Crippen LogP contribution is -2.60. The van der Waals surface area contributed by atoms with E-state index in [1.807, 2.05) is 55.5 Å². The Bertz CT molecular complexity index is 1630. The molecule has 1 aliphatic heterocycles. The Labute approximate surface area is 279 Å². The average molecular weight is 661 g/mol. The number of hydrogen-bond donors (Lipinski definition) is 7. The number of likely N-dealkylation sites (tertiary alicyclic amines) is 1. The molecule has 0 radical (unpaired) electrons. The smallest absolute Gasteiger partial charge is 0.251 e. The third-order valence-electron chi connectivity index (χ3n) is 8.16. The van der Waals surface area contributed by atoms with E-state index in [9.17, 15) is 14.8 Å². The van der Waals surface area contributed by atoms with Gasteiger partial charge in [-0.05, 0) is 74.8 Å². The number of hydrogen-bond acceptors (Lipinski definition) is 11. The van der Waals surface area contributed by atoms with E-state index in [4.69, 9.17) is 25.8 Å². The van der Waals surface area contributed by atoms with Crippen LogP contribution in [0.15, 0.2) is 79.0 Å². The minimum absolute atomic E-state index is 0.0333. The quantitative estimate of drug-likeness (QED) is 0.0863. The fourth-order valence-corrected chi connectivity index (χ4v) is 5.56. The highest BCUT2D eigenvalue weighted by atomic mass is 16.5. The van der Waals surface area contributed by atoms with Gasteiger partial charge in [-0.15, -0.1) is 0 Å². The summed E-state index contributed by atoms with van der Waals surface area (Å²) in [5.74, 6) is -0.181. The third kappa shape index (κ3) is 10.0. The number of piperidine rings is 1. The number of aromatic nitrogens is 2. The van der Waals surface area contributed by atoms with Crippen LogP contribution in [0, 0.1) is 6.92 Å². The molecule has 0 bridgehead atoms. The molecule has 4 aromatic rings. The maximum Gasteiger partial charge on any atom is 0.251 e. The summed E-state index contributed by atoms with van der Waals surface area (Å²) in [5, 5.41) is 38.4. The molecule has 2 amide bonds. The Kier molecular flexibility index (Phi) is 12.9. The molecule has 13 nitrogen and oxygen atoms in total. The number of pyridine rings is 2. The van der Waals surface area contributed by atoms with Crippen LogP contribution in [0.5, 0.6) is 5.75 Å². The highest BCUT2D eigenvalue weighted by molar-refractivity contribution is 5.95. The predicted octanol–water partition coefficient (Wildman–Crippen LogP) is 1.84. The van der Waals surface area contributed by atoms with Gasteiger partial charge in [-0.25, -0.2) is 5.48 Å². The molecule has 2 aromatic carbocycles. The Hall–Kier alpha value is -4.50. The van der Waals surface area contributed by atoms with Crippen molar-refractivity contribution in [1.29, 1.82) is 0 Å². The van der Waals surface area contributed by atoms with Crippen molar-refractivity contribution in [3.05, 3.63) is 102 Å². The first-order valence-corrected chi connectivity index (χ1v) is 15.7. The first-order valence-electron chi connectivity index (χ1n) is 15.7. The summed E-state index contributed by atoms with van der Waals surface area (Å²) in [6.07, 6.45) is 3.13. The number of amides is 2. The molecule has 48 heavy (non-hydrogen) atoms. The molecule has 1 saturated heterocycles. The lowest BCUT2D eigenvalue weighted by molar-refractivity contribution is -0.131. The minimum Gasteiger partial charge on any atom is -0.489 e. The van der Waals surface area contributed by atoms with E-state index in [0.717, 1.165) is 40.8 Å². The molecule has 1 aliphatic rings. The zero-order valence-electron chi connectivity index (χ0n) is 27.0. The van der Waals surface area contributed by atoms with Crippen molar-refractivity contribution in [2.75, 3.05) is 32.9 Å². The van der Waals surface area contributed by atoms with Gasteiger partial charge in [0.2, 0.25) is 5.91 Å². The van der Waals surface area contributed by atoms with Crippen molar-refractivity contribution in [3.63, 3.8) is 0 Å². The zero-order chi connectivity index (χ0) is 34.6. The monoisotopic (exact) mass is 660 g/mol. The number of hydroxylamine groups is 1. The summed E-state index contributed by atoms with van der Waals surface area (Å²) in [5.41, 5.74) is 9.11.